The molecule has 0 saturated heterocycles. The monoisotopic (exact) mass is 265 g/mol. The van der Waals surface area contributed by atoms with E-state index < -0.39 is 11.5 Å². The molecule has 5 heteroatoms. The third-order valence-corrected chi connectivity index (χ3v) is 2.72. The lowest BCUT2D eigenvalue weighted by atomic mass is 10.00. The van der Waals surface area contributed by atoms with Gasteiger partial charge < -0.3 is 15.2 Å². The highest BCUT2D eigenvalue weighted by atomic mass is 16.5. The second-order valence-electron chi connectivity index (χ2n) is 5.09. The van der Waals surface area contributed by atoms with Crippen LogP contribution in [0.3, 0.4) is 0 Å². The molecule has 0 fully saturated rings. The quantitative estimate of drug-likeness (QED) is 0.853. The molecule has 1 rings (SSSR count). The van der Waals surface area contributed by atoms with Crippen LogP contribution >= 0.6 is 0 Å². The minimum atomic E-state index is -0.952. The van der Waals surface area contributed by atoms with Crippen molar-refractivity contribution in [2.45, 2.75) is 32.7 Å². The van der Waals surface area contributed by atoms with Crippen LogP contribution in [0.1, 0.15) is 36.2 Å². The number of aryl methyl sites for hydroxylation is 1. The molecule has 0 radical (unpaired) electrons. The molecule has 0 saturated carbocycles. The third-order valence-electron chi connectivity index (χ3n) is 2.72. The van der Waals surface area contributed by atoms with Crippen molar-refractivity contribution in [3.05, 3.63) is 29.3 Å². The van der Waals surface area contributed by atoms with Gasteiger partial charge in [0, 0.05) is 11.1 Å². The number of ether oxygens (including phenoxy) is 1. The number of carbonyl (C=O) groups is 2. The molecule has 0 bridgehead atoms. The molecular weight excluding hydrogens is 246 g/mol. The maximum absolute atomic E-state index is 12.1. The van der Waals surface area contributed by atoms with Crippen LogP contribution in [0.2, 0.25) is 0 Å². The predicted octanol–water partition coefficient (Wildman–Crippen LogP) is 1.99. The lowest BCUT2D eigenvalue weighted by molar-refractivity contribution is -0.138. The molecule has 104 valence electrons. The van der Waals surface area contributed by atoms with Gasteiger partial charge in [-0.05, 0) is 38.5 Å². The normalized spacial score (nSPS) is 10.9. The Balaban J connectivity index is 2.86. The molecule has 0 aromatic heterocycles. The van der Waals surface area contributed by atoms with Crippen molar-refractivity contribution in [3.8, 4) is 5.75 Å². The van der Waals surface area contributed by atoms with Crippen LogP contribution in [0.4, 0.5) is 0 Å². The minimum Gasteiger partial charge on any atom is -0.496 e. The SMILES string of the molecule is COc1cc(C(=O)NC(C)(C)CC(=O)O)ccc1C. The van der Waals surface area contributed by atoms with Gasteiger partial charge in [-0.3, -0.25) is 9.59 Å². The van der Waals surface area contributed by atoms with E-state index in [2.05, 4.69) is 5.32 Å². The van der Waals surface area contributed by atoms with E-state index in [9.17, 15) is 9.59 Å². The average Bonchev–Trinajstić information content (AvgIpc) is 2.26. The van der Waals surface area contributed by atoms with Crippen LogP contribution < -0.4 is 10.1 Å². The number of hydrogen-bond donors (Lipinski definition) is 2. The summed E-state index contributed by atoms with van der Waals surface area (Å²) in [6.45, 7) is 5.23. The molecule has 19 heavy (non-hydrogen) atoms. The van der Waals surface area contributed by atoms with E-state index in [0.717, 1.165) is 5.56 Å². The highest BCUT2D eigenvalue weighted by Crippen LogP contribution is 2.19. The number of rotatable bonds is 5. The smallest absolute Gasteiger partial charge is 0.305 e. The second-order valence-corrected chi connectivity index (χ2v) is 5.09. The fourth-order valence-corrected chi connectivity index (χ4v) is 1.76. The van der Waals surface area contributed by atoms with Crippen molar-refractivity contribution in [2.24, 2.45) is 0 Å². The summed E-state index contributed by atoms with van der Waals surface area (Å²) in [7, 11) is 1.54. The van der Waals surface area contributed by atoms with E-state index in [1.807, 2.05) is 6.92 Å². The third kappa shape index (κ3) is 4.28. The first-order valence-electron chi connectivity index (χ1n) is 5.94. The van der Waals surface area contributed by atoms with E-state index in [0.29, 0.717) is 11.3 Å². The number of carboxylic acid groups (broad SMARTS) is 1. The van der Waals surface area contributed by atoms with Gasteiger partial charge in [0.2, 0.25) is 0 Å². The van der Waals surface area contributed by atoms with Crippen molar-refractivity contribution in [3.63, 3.8) is 0 Å². The van der Waals surface area contributed by atoms with E-state index in [1.54, 1.807) is 39.2 Å². The zero-order valence-corrected chi connectivity index (χ0v) is 11.6. The Bertz CT molecular complexity index is 494. The summed E-state index contributed by atoms with van der Waals surface area (Å²) in [4.78, 5) is 22.8. The van der Waals surface area contributed by atoms with Crippen molar-refractivity contribution >= 4 is 11.9 Å². The van der Waals surface area contributed by atoms with E-state index in [-0.39, 0.29) is 12.3 Å². The number of methoxy groups -OCH3 is 1. The van der Waals surface area contributed by atoms with Crippen LogP contribution in [0.5, 0.6) is 5.75 Å². The molecule has 5 nitrogen and oxygen atoms in total. The Hall–Kier alpha value is -2.04. The van der Waals surface area contributed by atoms with Gasteiger partial charge in [0.15, 0.2) is 0 Å². The number of carboxylic acids is 1. The summed E-state index contributed by atoms with van der Waals surface area (Å²) < 4.78 is 5.16. The van der Waals surface area contributed by atoms with Gasteiger partial charge in [-0.15, -0.1) is 0 Å². The molecule has 2 N–H and O–H groups in total. The highest BCUT2D eigenvalue weighted by Gasteiger charge is 2.24. The number of carbonyl (C=O) groups excluding carboxylic acids is 1. The summed E-state index contributed by atoms with van der Waals surface area (Å²) >= 11 is 0. The standard InChI is InChI=1S/C14H19NO4/c1-9-5-6-10(7-11(9)19-4)13(18)15-14(2,3)8-12(16)17/h5-7H,8H2,1-4H3,(H,15,18)(H,16,17). The molecule has 1 amide bonds. The predicted molar refractivity (Wildman–Crippen MR) is 71.5 cm³/mol. The lowest BCUT2D eigenvalue weighted by Gasteiger charge is -2.24. The summed E-state index contributed by atoms with van der Waals surface area (Å²) in [5.41, 5.74) is 0.575. The van der Waals surface area contributed by atoms with Crippen LogP contribution in [0.25, 0.3) is 0 Å². The Morgan fingerprint density at radius 3 is 2.53 bits per heavy atom. The summed E-state index contributed by atoms with van der Waals surface area (Å²) in [5, 5.41) is 11.5. The zero-order valence-electron chi connectivity index (χ0n) is 11.6. The molecular formula is C14H19NO4. The van der Waals surface area contributed by atoms with E-state index >= 15 is 0 Å². The fraction of sp³-hybridized carbons (Fsp3) is 0.429. The molecule has 0 aliphatic rings. The van der Waals surface area contributed by atoms with E-state index in [1.165, 1.54) is 0 Å². The summed E-state index contributed by atoms with van der Waals surface area (Å²) in [6.07, 6.45) is -0.137. The van der Waals surface area contributed by atoms with Gasteiger partial charge >= 0.3 is 5.97 Å². The van der Waals surface area contributed by atoms with Gasteiger partial charge in [0.05, 0.1) is 13.5 Å². The van der Waals surface area contributed by atoms with Crippen molar-refractivity contribution in [1.82, 2.24) is 5.32 Å². The van der Waals surface area contributed by atoms with Crippen LogP contribution in [-0.4, -0.2) is 29.6 Å². The van der Waals surface area contributed by atoms with Crippen LogP contribution in [0.15, 0.2) is 18.2 Å². The Kier molecular flexibility index (Phi) is 4.53. The van der Waals surface area contributed by atoms with Gasteiger partial charge in [-0.25, -0.2) is 0 Å². The Morgan fingerprint density at radius 1 is 1.37 bits per heavy atom. The number of aliphatic carboxylic acids is 1. The molecule has 0 aliphatic heterocycles. The second kappa shape index (κ2) is 5.73. The molecule has 0 unspecified atom stereocenters. The summed E-state index contributed by atoms with van der Waals surface area (Å²) in [6, 6.07) is 5.11. The molecule has 0 heterocycles. The Labute approximate surface area is 112 Å². The molecule has 1 aromatic rings. The molecule has 0 spiro atoms. The summed E-state index contributed by atoms with van der Waals surface area (Å²) in [5.74, 6) is -0.639. The van der Waals surface area contributed by atoms with Crippen molar-refractivity contribution in [2.75, 3.05) is 7.11 Å². The highest BCUT2D eigenvalue weighted by molar-refractivity contribution is 5.95. The van der Waals surface area contributed by atoms with Gasteiger partial charge in [-0.1, -0.05) is 6.07 Å². The number of amides is 1. The number of benzene rings is 1. The maximum Gasteiger partial charge on any atom is 0.305 e. The van der Waals surface area contributed by atoms with Crippen molar-refractivity contribution in [1.29, 1.82) is 0 Å². The van der Waals surface area contributed by atoms with Gasteiger partial charge in [0.1, 0.15) is 5.75 Å². The maximum atomic E-state index is 12.1. The lowest BCUT2D eigenvalue weighted by Crippen LogP contribution is -2.44. The van der Waals surface area contributed by atoms with E-state index in [4.69, 9.17) is 9.84 Å². The topological polar surface area (TPSA) is 75.6 Å². The molecule has 0 aliphatic carbocycles. The average molecular weight is 265 g/mol. The zero-order chi connectivity index (χ0) is 14.6. The number of nitrogens with one attached hydrogen (secondary N) is 1. The first-order valence-corrected chi connectivity index (χ1v) is 5.94. The first kappa shape index (κ1) is 15.0. The van der Waals surface area contributed by atoms with Gasteiger partial charge in [-0.2, -0.15) is 0 Å². The van der Waals surface area contributed by atoms with Gasteiger partial charge in [0.25, 0.3) is 5.91 Å². The largest absolute Gasteiger partial charge is 0.496 e. The van der Waals surface area contributed by atoms with Crippen LogP contribution in [0, 0.1) is 6.92 Å². The molecule has 1 aromatic carbocycles. The Morgan fingerprint density at radius 2 is 2.00 bits per heavy atom. The first-order chi connectivity index (χ1) is 8.75. The fourth-order valence-electron chi connectivity index (χ4n) is 1.76. The molecule has 0 atom stereocenters. The number of hydrogen-bond acceptors (Lipinski definition) is 3. The van der Waals surface area contributed by atoms with Crippen molar-refractivity contribution < 1.29 is 19.4 Å². The minimum absolute atomic E-state index is 0.137. The van der Waals surface area contributed by atoms with Crippen LogP contribution in [-0.2, 0) is 4.79 Å².